The summed E-state index contributed by atoms with van der Waals surface area (Å²) >= 11 is 0. The molecule has 1 heterocycles. The third-order valence-corrected chi connectivity index (χ3v) is 5.70. The summed E-state index contributed by atoms with van der Waals surface area (Å²) in [7, 11) is 0. The molecule has 1 aliphatic carbocycles. The van der Waals surface area contributed by atoms with Gasteiger partial charge in [-0.15, -0.1) is 0 Å². The molecule has 7 heteroatoms. The molecule has 0 spiro atoms. The number of ether oxygens (including phenoxy) is 1. The van der Waals surface area contributed by atoms with Gasteiger partial charge in [0.15, 0.2) is 6.61 Å². The standard InChI is InChI=1S/C22H28N2O5/c1-14(2)23(16-9-5-4-6-10-16)19(25)13-29-22(28)15(3)24-20(26)17-11-7-8-12-18(17)21(24)27/h7-8,11-12,14-16H,4-6,9-10,13H2,1-3H3/t15-/m0/s1. The maximum Gasteiger partial charge on any atom is 0.329 e. The van der Waals surface area contributed by atoms with Gasteiger partial charge in [-0.3, -0.25) is 19.3 Å². The number of nitrogens with zero attached hydrogens (tertiary/aromatic N) is 2. The molecule has 29 heavy (non-hydrogen) atoms. The van der Waals surface area contributed by atoms with Gasteiger partial charge in [0.25, 0.3) is 17.7 Å². The molecule has 3 rings (SSSR count). The molecule has 0 bridgehead atoms. The largest absolute Gasteiger partial charge is 0.454 e. The second-order valence-electron chi connectivity index (χ2n) is 8.00. The van der Waals surface area contributed by atoms with E-state index in [4.69, 9.17) is 4.74 Å². The maximum atomic E-state index is 12.7. The van der Waals surface area contributed by atoms with Crippen molar-refractivity contribution in [1.29, 1.82) is 0 Å². The van der Waals surface area contributed by atoms with Crippen molar-refractivity contribution in [1.82, 2.24) is 9.80 Å². The van der Waals surface area contributed by atoms with Crippen LogP contribution in [0.3, 0.4) is 0 Å². The highest BCUT2D eigenvalue weighted by molar-refractivity contribution is 6.22. The minimum Gasteiger partial charge on any atom is -0.454 e. The van der Waals surface area contributed by atoms with Gasteiger partial charge in [-0.2, -0.15) is 0 Å². The first-order chi connectivity index (χ1) is 13.8. The van der Waals surface area contributed by atoms with E-state index < -0.39 is 23.8 Å². The van der Waals surface area contributed by atoms with Crippen LogP contribution in [0, 0.1) is 0 Å². The van der Waals surface area contributed by atoms with E-state index in [-0.39, 0.29) is 35.7 Å². The van der Waals surface area contributed by atoms with E-state index in [9.17, 15) is 19.2 Å². The van der Waals surface area contributed by atoms with Crippen LogP contribution >= 0.6 is 0 Å². The predicted molar refractivity (Wildman–Crippen MR) is 106 cm³/mol. The van der Waals surface area contributed by atoms with E-state index in [2.05, 4.69) is 0 Å². The molecule has 0 aromatic heterocycles. The van der Waals surface area contributed by atoms with Crippen LogP contribution in [0.25, 0.3) is 0 Å². The van der Waals surface area contributed by atoms with Crippen LogP contribution in [0.5, 0.6) is 0 Å². The number of benzene rings is 1. The van der Waals surface area contributed by atoms with Crippen molar-refractivity contribution in [3.05, 3.63) is 35.4 Å². The number of fused-ring (bicyclic) bond motifs is 1. The van der Waals surface area contributed by atoms with Crippen molar-refractivity contribution in [3.63, 3.8) is 0 Å². The van der Waals surface area contributed by atoms with Crippen LogP contribution in [0.2, 0.25) is 0 Å². The van der Waals surface area contributed by atoms with Gasteiger partial charge < -0.3 is 9.64 Å². The van der Waals surface area contributed by atoms with Gasteiger partial charge >= 0.3 is 5.97 Å². The number of amides is 3. The number of carbonyl (C=O) groups excluding carboxylic acids is 4. The molecule has 1 aliphatic heterocycles. The number of hydrogen-bond acceptors (Lipinski definition) is 5. The fourth-order valence-electron chi connectivity index (χ4n) is 4.27. The smallest absolute Gasteiger partial charge is 0.329 e. The fourth-order valence-corrected chi connectivity index (χ4v) is 4.27. The normalized spacial score (nSPS) is 18.0. The molecule has 3 amide bonds. The molecular formula is C22H28N2O5. The number of carbonyl (C=O) groups is 4. The van der Waals surface area contributed by atoms with Gasteiger partial charge in [-0.1, -0.05) is 31.4 Å². The molecule has 0 unspecified atom stereocenters. The van der Waals surface area contributed by atoms with Gasteiger partial charge in [0.1, 0.15) is 6.04 Å². The third kappa shape index (κ3) is 4.18. The molecule has 156 valence electrons. The molecule has 0 saturated heterocycles. The van der Waals surface area contributed by atoms with E-state index in [0.29, 0.717) is 0 Å². The Hall–Kier alpha value is -2.70. The van der Waals surface area contributed by atoms with Crippen LogP contribution in [0.1, 0.15) is 73.6 Å². The second-order valence-corrected chi connectivity index (χ2v) is 8.00. The monoisotopic (exact) mass is 400 g/mol. The molecule has 1 aromatic carbocycles. The fraction of sp³-hybridized carbons (Fsp3) is 0.545. The van der Waals surface area contributed by atoms with Crippen LogP contribution in [0.15, 0.2) is 24.3 Å². The molecule has 2 aliphatic rings. The Morgan fingerprint density at radius 1 is 1.03 bits per heavy atom. The van der Waals surface area contributed by atoms with E-state index in [1.54, 1.807) is 29.2 Å². The zero-order chi connectivity index (χ0) is 21.1. The summed E-state index contributed by atoms with van der Waals surface area (Å²) in [5.41, 5.74) is 0.549. The van der Waals surface area contributed by atoms with Crippen LogP contribution < -0.4 is 0 Å². The number of rotatable bonds is 6. The van der Waals surface area contributed by atoms with Crippen molar-refractivity contribution in [2.45, 2.75) is 71.0 Å². The number of esters is 1. The molecule has 1 atom stereocenters. The molecule has 1 fully saturated rings. The molecule has 7 nitrogen and oxygen atoms in total. The summed E-state index contributed by atoms with van der Waals surface area (Å²) in [5, 5.41) is 0. The van der Waals surface area contributed by atoms with Crippen molar-refractivity contribution < 1.29 is 23.9 Å². The summed E-state index contributed by atoms with van der Waals surface area (Å²) in [6.07, 6.45) is 5.30. The molecule has 0 N–H and O–H groups in total. The first-order valence-corrected chi connectivity index (χ1v) is 10.3. The van der Waals surface area contributed by atoms with Gasteiger partial charge in [-0.05, 0) is 45.7 Å². The maximum absolute atomic E-state index is 12.7. The first kappa shape index (κ1) is 21.0. The summed E-state index contributed by atoms with van der Waals surface area (Å²) < 4.78 is 5.22. The van der Waals surface area contributed by atoms with Crippen molar-refractivity contribution in [3.8, 4) is 0 Å². The summed E-state index contributed by atoms with van der Waals surface area (Å²) in [4.78, 5) is 53.0. The summed E-state index contributed by atoms with van der Waals surface area (Å²) in [6.45, 7) is 4.96. The van der Waals surface area contributed by atoms with Crippen LogP contribution in [0.4, 0.5) is 0 Å². The Kier molecular flexibility index (Phi) is 6.35. The lowest BCUT2D eigenvalue weighted by Crippen LogP contribution is -2.48. The van der Waals surface area contributed by atoms with Gasteiger partial charge in [0.05, 0.1) is 11.1 Å². The second kappa shape index (κ2) is 8.76. The minimum atomic E-state index is -1.10. The zero-order valence-corrected chi connectivity index (χ0v) is 17.2. The lowest BCUT2D eigenvalue weighted by molar-refractivity contribution is -0.156. The molecule has 1 aromatic rings. The summed E-state index contributed by atoms with van der Waals surface area (Å²) in [6, 6.07) is 5.53. The van der Waals surface area contributed by atoms with Crippen LogP contribution in [-0.4, -0.2) is 58.2 Å². The Morgan fingerprint density at radius 3 is 2.10 bits per heavy atom. The van der Waals surface area contributed by atoms with E-state index in [1.807, 2.05) is 13.8 Å². The van der Waals surface area contributed by atoms with Crippen molar-refractivity contribution in [2.75, 3.05) is 6.61 Å². The lowest BCUT2D eigenvalue weighted by atomic mass is 9.93. The number of hydrogen-bond donors (Lipinski definition) is 0. The predicted octanol–water partition coefficient (Wildman–Crippen LogP) is 2.78. The Morgan fingerprint density at radius 2 is 1.59 bits per heavy atom. The highest BCUT2D eigenvalue weighted by Crippen LogP contribution is 2.26. The van der Waals surface area contributed by atoms with Gasteiger partial charge in [0, 0.05) is 12.1 Å². The summed E-state index contributed by atoms with van der Waals surface area (Å²) in [5.74, 6) is -2.05. The van der Waals surface area contributed by atoms with E-state index in [1.165, 1.54) is 13.3 Å². The van der Waals surface area contributed by atoms with Gasteiger partial charge in [0.2, 0.25) is 0 Å². The highest BCUT2D eigenvalue weighted by atomic mass is 16.5. The molecule has 1 saturated carbocycles. The highest BCUT2D eigenvalue weighted by Gasteiger charge is 2.41. The Balaban J connectivity index is 1.62. The Bertz CT molecular complexity index is 778. The molecular weight excluding hydrogens is 372 g/mol. The average molecular weight is 400 g/mol. The van der Waals surface area contributed by atoms with Crippen molar-refractivity contribution >= 4 is 23.7 Å². The number of imide groups is 1. The van der Waals surface area contributed by atoms with E-state index in [0.717, 1.165) is 30.6 Å². The zero-order valence-electron chi connectivity index (χ0n) is 17.2. The van der Waals surface area contributed by atoms with Crippen LogP contribution in [-0.2, 0) is 14.3 Å². The SMILES string of the molecule is CC(C)N(C(=O)COC(=O)[C@H](C)N1C(=O)c2ccccc2C1=O)C1CCCCC1. The quantitative estimate of drug-likeness (QED) is 0.542. The topological polar surface area (TPSA) is 84.0 Å². The van der Waals surface area contributed by atoms with Crippen molar-refractivity contribution in [2.24, 2.45) is 0 Å². The van der Waals surface area contributed by atoms with Gasteiger partial charge in [-0.25, -0.2) is 4.79 Å². The minimum absolute atomic E-state index is 0.0120. The first-order valence-electron chi connectivity index (χ1n) is 10.3. The third-order valence-electron chi connectivity index (χ3n) is 5.70. The Labute approximate surface area is 171 Å². The average Bonchev–Trinajstić information content (AvgIpc) is 2.97. The molecule has 0 radical (unpaired) electrons. The van der Waals surface area contributed by atoms with E-state index >= 15 is 0 Å². The lowest BCUT2D eigenvalue weighted by Gasteiger charge is -2.37.